The summed E-state index contributed by atoms with van der Waals surface area (Å²) in [7, 11) is 0. The summed E-state index contributed by atoms with van der Waals surface area (Å²) in [6, 6.07) is 10.6. The molecule has 0 bridgehead atoms. The summed E-state index contributed by atoms with van der Waals surface area (Å²) < 4.78 is 26.7. The molecule has 110 valence electrons. The number of urea groups is 1. The first-order chi connectivity index (χ1) is 10.1. The quantitative estimate of drug-likeness (QED) is 0.891. The van der Waals surface area contributed by atoms with E-state index in [1.807, 2.05) is 0 Å². The lowest BCUT2D eigenvalue weighted by Gasteiger charge is -2.09. The molecular weight excluding hydrogens is 274 g/mol. The minimum absolute atomic E-state index is 0.0980. The number of carbonyl (C=O) groups excluding carboxylic acids is 1. The van der Waals surface area contributed by atoms with E-state index in [0.29, 0.717) is 16.7 Å². The first-order valence-corrected chi connectivity index (χ1v) is 6.56. The third kappa shape index (κ3) is 4.27. The predicted octanol–water partition coefficient (Wildman–Crippen LogP) is 3.27. The lowest BCUT2D eigenvalue weighted by molar-refractivity contribution is 0.240. The summed E-state index contributed by atoms with van der Waals surface area (Å²) in [5, 5.41) is 5.15. The van der Waals surface area contributed by atoms with Gasteiger partial charge >= 0.3 is 6.03 Å². The lowest BCUT2D eigenvalue weighted by atomic mass is 10.1. The van der Waals surface area contributed by atoms with Crippen LogP contribution in [-0.2, 0) is 13.1 Å². The summed E-state index contributed by atoms with van der Waals surface area (Å²) in [4.78, 5) is 11.6. The summed E-state index contributed by atoms with van der Waals surface area (Å²) in [6.45, 7) is 1.98. The molecule has 0 aliphatic heterocycles. The van der Waals surface area contributed by atoms with Gasteiger partial charge in [0.25, 0.3) is 0 Å². The number of halogens is 2. The highest BCUT2D eigenvalue weighted by atomic mass is 19.1. The van der Waals surface area contributed by atoms with Crippen LogP contribution >= 0.6 is 0 Å². The molecule has 2 aromatic rings. The van der Waals surface area contributed by atoms with Crippen molar-refractivity contribution >= 4 is 6.03 Å². The van der Waals surface area contributed by atoms with E-state index >= 15 is 0 Å². The molecule has 0 aromatic heterocycles. The first kappa shape index (κ1) is 15.0. The maximum atomic E-state index is 13.4. The van der Waals surface area contributed by atoms with Gasteiger partial charge < -0.3 is 10.6 Å². The molecule has 0 radical (unpaired) electrons. The van der Waals surface area contributed by atoms with Gasteiger partial charge in [-0.1, -0.05) is 30.3 Å². The fraction of sp³-hybridized carbons (Fsp3) is 0.188. The number of carbonyl (C=O) groups is 1. The molecule has 3 nitrogen and oxygen atoms in total. The molecule has 0 aliphatic rings. The lowest BCUT2D eigenvalue weighted by Crippen LogP contribution is -2.34. The summed E-state index contributed by atoms with van der Waals surface area (Å²) in [5.41, 5.74) is 1.64. The fourth-order valence-corrected chi connectivity index (χ4v) is 1.81. The highest BCUT2D eigenvalue weighted by Gasteiger charge is 2.05. The van der Waals surface area contributed by atoms with Crippen LogP contribution in [0.5, 0.6) is 0 Å². The van der Waals surface area contributed by atoms with Crippen molar-refractivity contribution in [1.82, 2.24) is 10.6 Å². The van der Waals surface area contributed by atoms with Crippen molar-refractivity contribution in [2.45, 2.75) is 20.0 Å². The molecule has 0 aliphatic carbocycles. The highest BCUT2D eigenvalue weighted by Crippen LogP contribution is 2.09. The van der Waals surface area contributed by atoms with Crippen LogP contribution < -0.4 is 10.6 Å². The van der Waals surface area contributed by atoms with Crippen molar-refractivity contribution in [3.63, 3.8) is 0 Å². The zero-order valence-electron chi connectivity index (χ0n) is 11.6. The second-order valence-electron chi connectivity index (χ2n) is 4.71. The Kier molecular flexibility index (Phi) is 4.87. The topological polar surface area (TPSA) is 41.1 Å². The maximum absolute atomic E-state index is 13.4. The number of amides is 2. The summed E-state index contributed by atoms with van der Waals surface area (Å²) >= 11 is 0. The van der Waals surface area contributed by atoms with Crippen molar-refractivity contribution in [2.75, 3.05) is 0 Å². The molecule has 0 unspecified atom stereocenters. The zero-order valence-corrected chi connectivity index (χ0v) is 11.6. The van der Waals surface area contributed by atoms with Gasteiger partial charge in [-0.05, 0) is 30.2 Å². The minimum Gasteiger partial charge on any atom is -0.334 e. The molecule has 5 heteroatoms. The van der Waals surface area contributed by atoms with Gasteiger partial charge in [0, 0.05) is 18.7 Å². The molecule has 0 fully saturated rings. The van der Waals surface area contributed by atoms with Crippen molar-refractivity contribution < 1.29 is 13.6 Å². The largest absolute Gasteiger partial charge is 0.334 e. The van der Waals surface area contributed by atoms with E-state index in [9.17, 15) is 13.6 Å². The van der Waals surface area contributed by atoms with Gasteiger partial charge in [-0.2, -0.15) is 0 Å². The average molecular weight is 290 g/mol. The molecule has 0 heterocycles. The van der Waals surface area contributed by atoms with E-state index < -0.39 is 6.03 Å². The summed E-state index contributed by atoms with van der Waals surface area (Å²) in [5.74, 6) is -0.667. The molecule has 2 aromatic carbocycles. The van der Waals surface area contributed by atoms with Crippen LogP contribution in [0.2, 0.25) is 0 Å². The molecule has 0 atom stereocenters. The van der Waals surface area contributed by atoms with Crippen LogP contribution in [0.3, 0.4) is 0 Å². The Morgan fingerprint density at radius 2 is 1.71 bits per heavy atom. The van der Waals surface area contributed by atoms with Crippen LogP contribution in [0, 0.1) is 18.6 Å². The zero-order chi connectivity index (χ0) is 15.2. The molecule has 0 saturated carbocycles. The van der Waals surface area contributed by atoms with Crippen LogP contribution in [-0.4, -0.2) is 6.03 Å². The second-order valence-corrected chi connectivity index (χ2v) is 4.71. The molecule has 0 saturated heterocycles. The molecule has 0 spiro atoms. The van der Waals surface area contributed by atoms with Gasteiger partial charge in [0.15, 0.2) is 0 Å². The number of aryl methyl sites for hydroxylation is 1. The molecule has 21 heavy (non-hydrogen) atoms. The average Bonchev–Trinajstić information content (AvgIpc) is 2.47. The number of hydrogen-bond donors (Lipinski definition) is 2. The van der Waals surface area contributed by atoms with Gasteiger partial charge in [0.2, 0.25) is 0 Å². The number of nitrogens with one attached hydrogen (secondary N) is 2. The van der Waals surface area contributed by atoms with Gasteiger partial charge in [-0.3, -0.25) is 0 Å². The van der Waals surface area contributed by atoms with E-state index in [-0.39, 0.29) is 24.7 Å². The Hall–Kier alpha value is -2.43. The van der Waals surface area contributed by atoms with Gasteiger partial charge in [-0.15, -0.1) is 0 Å². The van der Waals surface area contributed by atoms with Gasteiger partial charge in [0.05, 0.1) is 0 Å². The Morgan fingerprint density at radius 3 is 2.43 bits per heavy atom. The van der Waals surface area contributed by atoms with Gasteiger partial charge in [-0.25, -0.2) is 13.6 Å². The standard InChI is InChI=1S/C16H16F2N2O/c1-11-6-7-12(8-15(11)18)9-19-16(21)20-10-13-4-2-3-5-14(13)17/h2-8H,9-10H2,1H3,(H2,19,20,21). The Morgan fingerprint density at radius 1 is 1.00 bits per heavy atom. The van der Waals surface area contributed by atoms with E-state index in [2.05, 4.69) is 10.6 Å². The van der Waals surface area contributed by atoms with Crippen LogP contribution in [0.1, 0.15) is 16.7 Å². The Bertz CT molecular complexity index is 644. The fourth-order valence-electron chi connectivity index (χ4n) is 1.81. The Labute approximate surface area is 122 Å². The highest BCUT2D eigenvalue weighted by molar-refractivity contribution is 5.73. The van der Waals surface area contributed by atoms with Crippen molar-refractivity contribution in [1.29, 1.82) is 0 Å². The van der Waals surface area contributed by atoms with Crippen molar-refractivity contribution in [2.24, 2.45) is 0 Å². The SMILES string of the molecule is Cc1ccc(CNC(=O)NCc2ccccc2F)cc1F. The predicted molar refractivity (Wildman–Crippen MR) is 76.6 cm³/mol. The van der Waals surface area contributed by atoms with Crippen LogP contribution in [0.15, 0.2) is 42.5 Å². The van der Waals surface area contributed by atoms with E-state index in [0.717, 1.165) is 0 Å². The van der Waals surface area contributed by atoms with Crippen molar-refractivity contribution in [3.8, 4) is 0 Å². The van der Waals surface area contributed by atoms with Crippen LogP contribution in [0.25, 0.3) is 0 Å². The second kappa shape index (κ2) is 6.83. The first-order valence-electron chi connectivity index (χ1n) is 6.56. The molecule has 2 N–H and O–H groups in total. The van der Waals surface area contributed by atoms with E-state index in [1.54, 1.807) is 37.3 Å². The third-order valence-electron chi connectivity index (χ3n) is 3.09. The normalized spacial score (nSPS) is 10.2. The maximum Gasteiger partial charge on any atom is 0.315 e. The van der Waals surface area contributed by atoms with E-state index in [1.165, 1.54) is 12.1 Å². The third-order valence-corrected chi connectivity index (χ3v) is 3.09. The van der Waals surface area contributed by atoms with E-state index in [4.69, 9.17) is 0 Å². The van der Waals surface area contributed by atoms with Gasteiger partial charge in [0.1, 0.15) is 11.6 Å². The molecular formula is C16H16F2N2O. The number of rotatable bonds is 4. The monoisotopic (exact) mass is 290 g/mol. The van der Waals surface area contributed by atoms with Crippen LogP contribution in [0.4, 0.5) is 13.6 Å². The number of benzene rings is 2. The number of hydrogen-bond acceptors (Lipinski definition) is 1. The summed E-state index contributed by atoms with van der Waals surface area (Å²) in [6.07, 6.45) is 0. The molecule has 2 amide bonds. The Balaban J connectivity index is 1.82. The minimum atomic E-state index is -0.431. The molecule has 2 rings (SSSR count). The smallest absolute Gasteiger partial charge is 0.315 e. The van der Waals surface area contributed by atoms with Crippen molar-refractivity contribution in [3.05, 3.63) is 70.8 Å².